The first kappa shape index (κ1) is 16.9. The first-order valence-electron chi connectivity index (χ1n) is 8.78. The number of hydrogen-bond donors (Lipinski definition) is 3. The predicted molar refractivity (Wildman–Crippen MR) is 91.6 cm³/mol. The van der Waals surface area contributed by atoms with Gasteiger partial charge in [-0.3, -0.25) is 14.8 Å². The largest absolute Gasteiger partial charge is 0.310 e. The molecule has 0 spiro atoms. The highest BCUT2D eigenvalue weighted by Crippen LogP contribution is 2.41. The van der Waals surface area contributed by atoms with Crippen molar-refractivity contribution in [2.75, 3.05) is 0 Å². The summed E-state index contributed by atoms with van der Waals surface area (Å²) in [6.45, 7) is 1.60. The highest BCUT2D eigenvalue weighted by Gasteiger charge is 2.45. The van der Waals surface area contributed by atoms with E-state index in [4.69, 9.17) is 0 Å². The Morgan fingerprint density at radius 2 is 2.19 bits per heavy atom. The molecule has 0 bridgehead atoms. The third-order valence-electron chi connectivity index (χ3n) is 5.67. The number of benzene rings is 1. The van der Waals surface area contributed by atoms with E-state index in [1.807, 2.05) is 0 Å². The molecule has 0 aliphatic heterocycles. The molecule has 1 amide bonds. The van der Waals surface area contributed by atoms with Crippen LogP contribution in [0.5, 0.6) is 0 Å². The number of nitrogens with zero attached hydrogens (tertiary/aromatic N) is 1. The number of hydroxylamine groups is 1. The fourth-order valence-electron chi connectivity index (χ4n) is 4.00. The number of nitrogens with one attached hydrogen (secondary N) is 2. The Hall–Kier alpha value is -2.54. The Bertz CT molecular complexity index is 952. The maximum absolute atomic E-state index is 14.1. The van der Waals surface area contributed by atoms with Gasteiger partial charge in [0.25, 0.3) is 11.5 Å². The molecule has 136 valence electrons. The molecule has 1 heterocycles. The maximum Gasteiger partial charge on any atom is 0.254 e. The smallest absolute Gasteiger partial charge is 0.254 e. The monoisotopic (exact) mass is 357 g/mol. The molecular weight excluding hydrogens is 337 g/mol. The fourth-order valence-corrected chi connectivity index (χ4v) is 4.00. The molecule has 26 heavy (non-hydrogen) atoms. The van der Waals surface area contributed by atoms with Gasteiger partial charge < -0.3 is 4.98 Å². The summed E-state index contributed by atoms with van der Waals surface area (Å²) in [6.07, 6.45) is 2.90. The van der Waals surface area contributed by atoms with Gasteiger partial charge in [0.05, 0.1) is 11.1 Å². The molecule has 0 saturated heterocycles. The highest BCUT2D eigenvalue weighted by atomic mass is 19.1. The Morgan fingerprint density at radius 3 is 2.88 bits per heavy atom. The third-order valence-corrected chi connectivity index (χ3v) is 5.67. The Morgan fingerprint density at radius 1 is 1.42 bits per heavy atom. The molecular formula is C19H20FN3O3. The maximum atomic E-state index is 14.1. The minimum absolute atomic E-state index is 0.0757. The van der Waals surface area contributed by atoms with Crippen LogP contribution >= 0.6 is 0 Å². The summed E-state index contributed by atoms with van der Waals surface area (Å²) in [6, 6.07) is 4.55. The molecule has 1 fully saturated rings. The molecule has 3 N–H and O–H groups in total. The van der Waals surface area contributed by atoms with Crippen LogP contribution in [0.25, 0.3) is 0 Å². The second kappa shape index (κ2) is 6.02. The number of rotatable bonds is 3. The van der Waals surface area contributed by atoms with Crippen molar-refractivity contribution in [2.24, 2.45) is 0 Å². The number of aryl methyl sites for hydroxylation is 1. The van der Waals surface area contributed by atoms with E-state index < -0.39 is 17.1 Å². The Kier molecular flexibility index (Phi) is 3.91. The lowest BCUT2D eigenvalue weighted by Gasteiger charge is -2.36. The zero-order chi connectivity index (χ0) is 18.5. The summed E-state index contributed by atoms with van der Waals surface area (Å²) >= 11 is 0. The lowest BCUT2D eigenvalue weighted by molar-refractivity contribution is -0.135. The predicted octanol–water partition coefficient (Wildman–Crippen LogP) is 2.03. The van der Waals surface area contributed by atoms with Gasteiger partial charge in [-0.15, -0.1) is 0 Å². The number of carbonyl (C=O) groups excluding carboxylic acids is 1. The third kappa shape index (κ3) is 2.54. The van der Waals surface area contributed by atoms with Crippen LogP contribution in [0, 0.1) is 12.7 Å². The first-order chi connectivity index (χ1) is 12.5. The molecule has 2 aromatic rings. The van der Waals surface area contributed by atoms with Crippen LogP contribution in [0.15, 0.2) is 23.0 Å². The van der Waals surface area contributed by atoms with E-state index in [0.717, 1.165) is 18.7 Å². The van der Waals surface area contributed by atoms with Crippen molar-refractivity contribution in [3.8, 4) is 0 Å². The van der Waals surface area contributed by atoms with Gasteiger partial charge in [0.15, 0.2) is 0 Å². The number of aromatic nitrogens is 2. The van der Waals surface area contributed by atoms with E-state index >= 15 is 0 Å². The lowest BCUT2D eigenvalue weighted by Crippen LogP contribution is -2.49. The summed E-state index contributed by atoms with van der Waals surface area (Å²) in [7, 11) is 0. The van der Waals surface area contributed by atoms with E-state index in [1.54, 1.807) is 18.5 Å². The number of halogens is 1. The van der Waals surface area contributed by atoms with Crippen LogP contribution in [0.3, 0.4) is 0 Å². The van der Waals surface area contributed by atoms with Crippen LogP contribution in [-0.2, 0) is 23.1 Å². The van der Waals surface area contributed by atoms with Gasteiger partial charge in [-0.05, 0) is 56.2 Å². The number of aromatic amines is 1. The van der Waals surface area contributed by atoms with E-state index in [0.29, 0.717) is 41.1 Å². The van der Waals surface area contributed by atoms with Crippen LogP contribution in [0.1, 0.15) is 53.4 Å². The Balaban J connectivity index is 1.84. The summed E-state index contributed by atoms with van der Waals surface area (Å²) < 4.78 is 14.1. The molecule has 2 aliphatic rings. The minimum atomic E-state index is -1.20. The standard InChI is InChI=1S/C19H20FN3O3/c1-10-13(3-2-4-14(10)20)19(18(25)23-26)8-7-15-12(9-19)17(24)22-16(21-15)11-5-6-11/h2-4,11,26H,5-9H2,1H3,(H,23,25)(H,21,22,24). The summed E-state index contributed by atoms with van der Waals surface area (Å²) in [5, 5.41) is 9.32. The zero-order valence-electron chi connectivity index (χ0n) is 14.4. The Labute approximate surface area is 149 Å². The van der Waals surface area contributed by atoms with E-state index in [1.165, 1.54) is 12.1 Å². The van der Waals surface area contributed by atoms with E-state index in [-0.39, 0.29) is 12.0 Å². The number of amides is 1. The van der Waals surface area contributed by atoms with Crippen molar-refractivity contribution in [1.82, 2.24) is 15.4 Å². The van der Waals surface area contributed by atoms with E-state index in [2.05, 4.69) is 9.97 Å². The van der Waals surface area contributed by atoms with Crippen molar-refractivity contribution >= 4 is 5.91 Å². The van der Waals surface area contributed by atoms with Gasteiger partial charge in [-0.2, -0.15) is 0 Å². The van der Waals surface area contributed by atoms with Gasteiger partial charge in [0.2, 0.25) is 0 Å². The van der Waals surface area contributed by atoms with Gasteiger partial charge in [-0.1, -0.05) is 12.1 Å². The number of fused-ring (bicyclic) bond motifs is 1. The van der Waals surface area contributed by atoms with Crippen LogP contribution < -0.4 is 11.0 Å². The second-order valence-corrected chi connectivity index (χ2v) is 7.26. The van der Waals surface area contributed by atoms with Crippen LogP contribution in [0.2, 0.25) is 0 Å². The molecule has 0 radical (unpaired) electrons. The van der Waals surface area contributed by atoms with Crippen molar-refractivity contribution < 1.29 is 14.4 Å². The molecule has 1 atom stereocenters. The van der Waals surface area contributed by atoms with E-state index in [9.17, 15) is 19.2 Å². The molecule has 2 aliphatic carbocycles. The van der Waals surface area contributed by atoms with Gasteiger partial charge >= 0.3 is 0 Å². The number of carbonyl (C=O) groups is 1. The van der Waals surface area contributed by atoms with Crippen LogP contribution in [-0.4, -0.2) is 21.1 Å². The second-order valence-electron chi connectivity index (χ2n) is 7.26. The summed E-state index contributed by atoms with van der Waals surface area (Å²) in [5.41, 5.74) is 2.23. The molecule has 6 nitrogen and oxygen atoms in total. The molecule has 1 saturated carbocycles. The van der Waals surface area contributed by atoms with Crippen molar-refractivity contribution in [2.45, 2.75) is 50.4 Å². The van der Waals surface area contributed by atoms with Crippen LogP contribution in [0.4, 0.5) is 4.39 Å². The summed E-state index contributed by atoms with van der Waals surface area (Å²) in [4.78, 5) is 32.7. The highest BCUT2D eigenvalue weighted by molar-refractivity contribution is 5.88. The molecule has 7 heteroatoms. The quantitative estimate of drug-likeness (QED) is 0.579. The van der Waals surface area contributed by atoms with Crippen molar-refractivity contribution in [3.05, 3.63) is 62.6 Å². The van der Waals surface area contributed by atoms with Gasteiger partial charge in [-0.25, -0.2) is 14.9 Å². The SMILES string of the molecule is Cc1c(F)cccc1C1(C(=O)NO)CCc2nc(C3CC3)[nH]c(=O)c2C1. The van der Waals surface area contributed by atoms with Gasteiger partial charge in [0.1, 0.15) is 11.6 Å². The molecule has 1 unspecified atom stereocenters. The topological polar surface area (TPSA) is 95.1 Å². The minimum Gasteiger partial charge on any atom is -0.310 e. The van der Waals surface area contributed by atoms with Crippen molar-refractivity contribution in [1.29, 1.82) is 0 Å². The molecule has 4 rings (SSSR count). The number of H-pyrrole nitrogens is 1. The van der Waals surface area contributed by atoms with Crippen molar-refractivity contribution in [3.63, 3.8) is 0 Å². The molecule has 1 aromatic carbocycles. The normalized spacial score (nSPS) is 22.0. The lowest BCUT2D eigenvalue weighted by atomic mass is 9.67. The average Bonchev–Trinajstić information content (AvgIpc) is 3.48. The molecule has 1 aromatic heterocycles. The van der Waals surface area contributed by atoms with Gasteiger partial charge in [0, 0.05) is 11.5 Å². The average molecular weight is 357 g/mol. The number of hydrogen-bond acceptors (Lipinski definition) is 4. The first-order valence-corrected chi connectivity index (χ1v) is 8.78. The zero-order valence-corrected chi connectivity index (χ0v) is 14.4. The fraction of sp³-hybridized carbons (Fsp3) is 0.421. The summed E-state index contributed by atoms with van der Waals surface area (Å²) in [5.74, 6) is -0.0160.